The predicted octanol–water partition coefficient (Wildman–Crippen LogP) is 4.15. The van der Waals surface area contributed by atoms with Gasteiger partial charge in [0.25, 0.3) is 0 Å². The Balaban J connectivity index is 1.23. The molecule has 1 aromatic carbocycles. The van der Waals surface area contributed by atoms with E-state index >= 15 is 0 Å². The summed E-state index contributed by atoms with van der Waals surface area (Å²) in [6.45, 7) is 7.30. The average molecular weight is 456 g/mol. The Morgan fingerprint density at radius 1 is 0.970 bits per heavy atom. The smallest absolute Gasteiger partial charge is 0.410 e. The van der Waals surface area contributed by atoms with Crippen LogP contribution in [0.25, 0.3) is 0 Å². The van der Waals surface area contributed by atoms with Gasteiger partial charge in [-0.3, -0.25) is 0 Å². The highest BCUT2D eigenvalue weighted by molar-refractivity contribution is 5.69. The van der Waals surface area contributed by atoms with Gasteiger partial charge < -0.3 is 24.2 Å². The van der Waals surface area contributed by atoms with Crippen LogP contribution >= 0.6 is 0 Å². The lowest BCUT2D eigenvalue weighted by molar-refractivity contribution is 0.00824. The predicted molar refractivity (Wildman–Crippen MR) is 125 cm³/mol. The van der Waals surface area contributed by atoms with Crippen LogP contribution in [-0.2, 0) is 21.4 Å². The summed E-state index contributed by atoms with van der Waals surface area (Å²) in [5, 5.41) is 0. The Hall–Kier alpha value is -2.28. The minimum atomic E-state index is -0.179. The largest absolute Gasteiger partial charge is 0.450 e. The van der Waals surface area contributed by atoms with Crippen LogP contribution in [0.5, 0.6) is 0 Å². The number of piperidine rings is 2. The molecule has 2 amide bonds. The Labute approximate surface area is 197 Å². The molecule has 0 unspecified atom stereocenters. The summed E-state index contributed by atoms with van der Waals surface area (Å²) in [7, 11) is 0. The summed E-state index contributed by atoms with van der Waals surface area (Å²) in [6.07, 6.45) is 7.08. The zero-order chi connectivity index (χ0) is 22.8. The first-order chi connectivity index (χ1) is 16.1. The molecule has 33 heavy (non-hydrogen) atoms. The van der Waals surface area contributed by atoms with Gasteiger partial charge in [-0.05, 0) is 76.1 Å². The third-order valence-corrected chi connectivity index (χ3v) is 8.28. The van der Waals surface area contributed by atoms with E-state index in [0.717, 1.165) is 71.2 Å². The zero-order valence-electron chi connectivity index (χ0n) is 19.8. The lowest BCUT2D eigenvalue weighted by Crippen LogP contribution is -2.56. The fourth-order valence-electron chi connectivity index (χ4n) is 6.10. The number of nitrogens with zero attached hydrogens (tertiary/aromatic N) is 3. The van der Waals surface area contributed by atoms with E-state index in [1.807, 2.05) is 16.7 Å². The summed E-state index contributed by atoms with van der Waals surface area (Å²) in [6, 6.07) is 9.20. The second-order valence-electron chi connectivity index (χ2n) is 10.2. The lowest BCUT2D eigenvalue weighted by atomic mass is 9.68. The number of likely N-dealkylation sites (tertiary alicyclic amines) is 2. The molecule has 0 N–H and O–H groups in total. The summed E-state index contributed by atoms with van der Waals surface area (Å²) >= 11 is 0. The summed E-state index contributed by atoms with van der Waals surface area (Å²) in [5.74, 6) is 0. The van der Waals surface area contributed by atoms with E-state index in [0.29, 0.717) is 19.2 Å². The molecular formula is C26H37N3O4. The van der Waals surface area contributed by atoms with Gasteiger partial charge in [-0.15, -0.1) is 0 Å². The fourth-order valence-corrected chi connectivity index (χ4v) is 6.10. The maximum Gasteiger partial charge on any atom is 0.410 e. The highest BCUT2D eigenvalue weighted by Crippen LogP contribution is 2.43. The first kappa shape index (κ1) is 22.5. The van der Waals surface area contributed by atoms with Crippen LogP contribution in [0, 0.1) is 0 Å². The molecule has 1 saturated carbocycles. The van der Waals surface area contributed by atoms with E-state index in [1.54, 1.807) is 0 Å². The number of carbonyl (C=O) groups is 2. The SMILES string of the molecule is CCOC(=O)N1CCC(N2CCC3(CC2)CN(C(=O)OC2CCC2)Cc2ccccc23)CC1. The van der Waals surface area contributed by atoms with E-state index in [-0.39, 0.29) is 23.7 Å². The number of amides is 2. The van der Waals surface area contributed by atoms with Gasteiger partial charge in [0, 0.05) is 37.6 Å². The molecule has 1 aliphatic carbocycles. The van der Waals surface area contributed by atoms with Gasteiger partial charge in [-0.2, -0.15) is 0 Å². The number of hydrogen-bond donors (Lipinski definition) is 0. The Morgan fingerprint density at radius 2 is 1.70 bits per heavy atom. The molecule has 1 aromatic rings. The molecule has 3 aliphatic heterocycles. The topological polar surface area (TPSA) is 62.3 Å². The molecule has 0 bridgehead atoms. The first-order valence-corrected chi connectivity index (χ1v) is 12.8. The van der Waals surface area contributed by atoms with Crippen molar-refractivity contribution in [2.75, 3.05) is 39.3 Å². The number of rotatable bonds is 3. The van der Waals surface area contributed by atoms with Crippen molar-refractivity contribution < 1.29 is 19.1 Å². The summed E-state index contributed by atoms with van der Waals surface area (Å²) < 4.78 is 10.9. The number of hydrogen-bond acceptors (Lipinski definition) is 5. The van der Waals surface area contributed by atoms with Gasteiger partial charge in [0.05, 0.1) is 6.61 Å². The van der Waals surface area contributed by atoms with Gasteiger partial charge in [-0.25, -0.2) is 9.59 Å². The van der Waals surface area contributed by atoms with Crippen molar-refractivity contribution in [2.24, 2.45) is 0 Å². The van der Waals surface area contributed by atoms with Gasteiger partial charge in [-0.1, -0.05) is 24.3 Å². The minimum absolute atomic E-state index is 0.00953. The minimum Gasteiger partial charge on any atom is -0.450 e. The molecule has 4 aliphatic rings. The lowest BCUT2D eigenvalue weighted by Gasteiger charge is -2.50. The van der Waals surface area contributed by atoms with E-state index in [9.17, 15) is 9.59 Å². The Bertz CT molecular complexity index is 855. The average Bonchev–Trinajstić information content (AvgIpc) is 2.82. The van der Waals surface area contributed by atoms with E-state index in [4.69, 9.17) is 9.47 Å². The van der Waals surface area contributed by atoms with Crippen molar-refractivity contribution in [3.8, 4) is 0 Å². The standard InChI is InChI=1S/C26H37N3O4/c1-2-32-24(30)28-14-10-21(11-15-28)27-16-12-26(13-17-27)19-29(25(31)33-22-7-5-8-22)18-20-6-3-4-9-23(20)26/h3-4,6,9,21-22H,2,5,7-8,10-19H2,1H3. The Kier molecular flexibility index (Phi) is 6.50. The molecule has 180 valence electrons. The van der Waals surface area contributed by atoms with Crippen molar-refractivity contribution in [1.82, 2.24) is 14.7 Å². The number of carbonyl (C=O) groups excluding carboxylic acids is 2. The van der Waals surface area contributed by atoms with Crippen LogP contribution in [0.1, 0.15) is 63.0 Å². The van der Waals surface area contributed by atoms with Crippen LogP contribution in [0.2, 0.25) is 0 Å². The maximum atomic E-state index is 12.9. The van der Waals surface area contributed by atoms with Gasteiger partial charge in [0.1, 0.15) is 6.10 Å². The molecule has 0 atom stereocenters. The molecule has 3 heterocycles. The molecule has 5 rings (SSSR count). The second kappa shape index (κ2) is 9.53. The normalized spacial score (nSPS) is 23.7. The van der Waals surface area contributed by atoms with Crippen LogP contribution in [0.3, 0.4) is 0 Å². The number of ether oxygens (including phenoxy) is 2. The number of benzene rings is 1. The Morgan fingerprint density at radius 3 is 2.36 bits per heavy atom. The fraction of sp³-hybridized carbons (Fsp3) is 0.692. The third-order valence-electron chi connectivity index (χ3n) is 8.28. The molecule has 2 saturated heterocycles. The third kappa shape index (κ3) is 4.57. The highest BCUT2D eigenvalue weighted by Gasteiger charge is 2.45. The first-order valence-electron chi connectivity index (χ1n) is 12.8. The van der Waals surface area contributed by atoms with Crippen LogP contribution < -0.4 is 0 Å². The maximum absolute atomic E-state index is 12.9. The van der Waals surface area contributed by atoms with Crippen LogP contribution in [0.15, 0.2) is 24.3 Å². The molecule has 1 spiro atoms. The molecular weight excluding hydrogens is 418 g/mol. The highest BCUT2D eigenvalue weighted by atomic mass is 16.6. The summed E-state index contributed by atoms with van der Waals surface area (Å²) in [5.41, 5.74) is 2.70. The van der Waals surface area contributed by atoms with Crippen LogP contribution in [-0.4, -0.2) is 78.4 Å². The van der Waals surface area contributed by atoms with Crippen molar-refractivity contribution >= 4 is 12.2 Å². The van der Waals surface area contributed by atoms with E-state index in [2.05, 4.69) is 29.2 Å². The molecule has 0 aromatic heterocycles. The monoisotopic (exact) mass is 455 g/mol. The molecule has 7 nitrogen and oxygen atoms in total. The van der Waals surface area contributed by atoms with Crippen molar-refractivity contribution in [1.29, 1.82) is 0 Å². The van der Waals surface area contributed by atoms with Crippen molar-refractivity contribution in [2.45, 2.75) is 76.0 Å². The molecule has 7 heteroatoms. The van der Waals surface area contributed by atoms with Crippen molar-refractivity contribution in [3.05, 3.63) is 35.4 Å². The van der Waals surface area contributed by atoms with Crippen molar-refractivity contribution in [3.63, 3.8) is 0 Å². The quantitative estimate of drug-likeness (QED) is 0.685. The van der Waals surface area contributed by atoms with E-state index in [1.165, 1.54) is 17.5 Å². The van der Waals surface area contributed by atoms with Gasteiger partial charge >= 0.3 is 12.2 Å². The van der Waals surface area contributed by atoms with Gasteiger partial charge in [0.2, 0.25) is 0 Å². The molecule has 0 radical (unpaired) electrons. The number of fused-ring (bicyclic) bond motifs is 2. The van der Waals surface area contributed by atoms with Crippen LogP contribution in [0.4, 0.5) is 9.59 Å². The summed E-state index contributed by atoms with van der Waals surface area (Å²) in [4.78, 5) is 31.4. The zero-order valence-corrected chi connectivity index (χ0v) is 19.8. The van der Waals surface area contributed by atoms with Gasteiger partial charge in [0.15, 0.2) is 0 Å². The molecule has 3 fully saturated rings. The van der Waals surface area contributed by atoms with E-state index < -0.39 is 0 Å². The second-order valence-corrected chi connectivity index (χ2v) is 10.2.